The third-order valence-corrected chi connectivity index (χ3v) is 8.60. The van der Waals surface area contributed by atoms with Crippen molar-refractivity contribution in [2.24, 2.45) is 0 Å². The lowest BCUT2D eigenvalue weighted by molar-refractivity contribution is -0.139. The molecule has 1 atom stereocenters. The summed E-state index contributed by atoms with van der Waals surface area (Å²) in [6.45, 7) is 7.69. The minimum absolute atomic E-state index is 0.0410. The van der Waals surface area contributed by atoms with Crippen molar-refractivity contribution in [2.75, 3.05) is 31.1 Å². The molecule has 0 saturated carbocycles. The summed E-state index contributed by atoms with van der Waals surface area (Å²) in [6.07, 6.45) is 1.72. The van der Waals surface area contributed by atoms with Gasteiger partial charge in [-0.3, -0.25) is 13.9 Å². The highest BCUT2D eigenvalue weighted by molar-refractivity contribution is 7.92. The van der Waals surface area contributed by atoms with Crippen LogP contribution in [0.1, 0.15) is 44.7 Å². The molecule has 42 heavy (non-hydrogen) atoms. The van der Waals surface area contributed by atoms with Crippen LogP contribution < -0.4 is 19.1 Å². The van der Waals surface area contributed by atoms with Gasteiger partial charge < -0.3 is 19.7 Å². The second kappa shape index (κ2) is 15.3. The molecule has 0 spiro atoms. The molecule has 2 amide bonds. The maximum absolute atomic E-state index is 14.1. The number of hydrogen-bond donors (Lipinski definition) is 1. The van der Waals surface area contributed by atoms with Gasteiger partial charge in [-0.1, -0.05) is 55.3 Å². The second-order valence-electron chi connectivity index (χ2n) is 9.92. The zero-order chi connectivity index (χ0) is 30.7. The van der Waals surface area contributed by atoms with Gasteiger partial charge in [0.25, 0.3) is 10.0 Å². The van der Waals surface area contributed by atoms with Crippen molar-refractivity contribution in [1.82, 2.24) is 10.2 Å². The van der Waals surface area contributed by atoms with Crippen LogP contribution in [-0.2, 0) is 26.2 Å². The number of rotatable bonds is 15. The summed E-state index contributed by atoms with van der Waals surface area (Å²) in [6, 6.07) is 19.5. The summed E-state index contributed by atoms with van der Waals surface area (Å²) in [5.74, 6) is 0.138. The van der Waals surface area contributed by atoms with Crippen molar-refractivity contribution in [3.63, 3.8) is 0 Å². The maximum atomic E-state index is 14.1. The first-order valence-electron chi connectivity index (χ1n) is 14.1. The van der Waals surface area contributed by atoms with Gasteiger partial charge >= 0.3 is 0 Å². The van der Waals surface area contributed by atoms with Gasteiger partial charge in [0.1, 0.15) is 24.1 Å². The average Bonchev–Trinajstić information content (AvgIpc) is 2.99. The molecule has 0 radical (unpaired) electrons. The minimum Gasteiger partial charge on any atom is -0.497 e. The number of sulfonamides is 1. The van der Waals surface area contributed by atoms with E-state index in [9.17, 15) is 18.0 Å². The van der Waals surface area contributed by atoms with E-state index < -0.39 is 28.5 Å². The number of carbonyl (C=O) groups is 2. The van der Waals surface area contributed by atoms with Crippen LogP contribution in [0.15, 0.2) is 77.7 Å². The highest BCUT2D eigenvalue weighted by Gasteiger charge is 2.33. The lowest BCUT2D eigenvalue weighted by Gasteiger charge is -2.32. The first-order valence-corrected chi connectivity index (χ1v) is 15.6. The Morgan fingerprint density at radius 1 is 0.952 bits per heavy atom. The van der Waals surface area contributed by atoms with Crippen molar-refractivity contribution in [1.29, 1.82) is 0 Å². The number of ether oxygens (including phenoxy) is 2. The third-order valence-electron chi connectivity index (χ3n) is 6.83. The predicted molar refractivity (Wildman–Crippen MR) is 164 cm³/mol. The standard InChI is InChI=1S/C32H41N3O6S/c1-6-8-21-33-32(37)25(4)34(22-26-15-17-27(40-5)18-16-26)31(36)23-35(29-11-9-10-12-30(29)41-7-2)42(38,39)28-19-13-24(3)14-20-28/h9-20,25H,6-8,21-23H2,1-5H3,(H,33,37)/t25-/m0/s1. The first kappa shape index (κ1) is 32.5. The van der Waals surface area contributed by atoms with Crippen LogP contribution >= 0.6 is 0 Å². The van der Waals surface area contributed by atoms with E-state index in [0.717, 1.165) is 28.3 Å². The SMILES string of the molecule is CCCCNC(=O)[C@H](C)N(Cc1ccc(OC)cc1)C(=O)CN(c1ccccc1OCC)S(=O)(=O)c1ccc(C)cc1. The largest absolute Gasteiger partial charge is 0.497 e. The molecular formula is C32H41N3O6S. The maximum Gasteiger partial charge on any atom is 0.264 e. The van der Waals surface area contributed by atoms with Crippen LogP contribution in [0.25, 0.3) is 0 Å². The molecule has 0 aliphatic rings. The Bertz CT molecular complexity index is 1430. The molecule has 10 heteroatoms. The predicted octanol–water partition coefficient (Wildman–Crippen LogP) is 4.93. The van der Waals surface area contributed by atoms with Gasteiger partial charge in [-0.05, 0) is 69.2 Å². The molecule has 3 aromatic carbocycles. The fourth-order valence-corrected chi connectivity index (χ4v) is 5.76. The molecule has 0 unspecified atom stereocenters. The Hall–Kier alpha value is -4.05. The van der Waals surface area contributed by atoms with Crippen LogP contribution in [0.4, 0.5) is 5.69 Å². The fourth-order valence-electron chi connectivity index (χ4n) is 4.34. The summed E-state index contributed by atoms with van der Waals surface area (Å²) < 4.78 is 40.2. The monoisotopic (exact) mass is 595 g/mol. The highest BCUT2D eigenvalue weighted by atomic mass is 32.2. The molecule has 3 rings (SSSR count). The number of benzene rings is 3. The third kappa shape index (κ3) is 8.25. The molecule has 0 aromatic heterocycles. The van der Waals surface area contributed by atoms with Crippen LogP contribution in [0.2, 0.25) is 0 Å². The quantitative estimate of drug-likeness (QED) is 0.250. The molecule has 9 nitrogen and oxygen atoms in total. The van der Waals surface area contributed by atoms with E-state index in [-0.39, 0.29) is 23.0 Å². The van der Waals surface area contributed by atoms with Crippen molar-refractivity contribution >= 4 is 27.5 Å². The average molecular weight is 596 g/mol. The Morgan fingerprint density at radius 3 is 2.24 bits per heavy atom. The van der Waals surface area contributed by atoms with Gasteiger partial charge in [-0.15, -0.1) is 0 Å². The topological polar surface area (TPSA) is 105 Å². The summed E-state index contributed by atoms with van der Waals surface area (Å²) in [5, 5.41) is 2.89. The molecule has 0 fully saturated rings. The number of unbranched alkanes of at least 4 members (excludes halogenated alkanes) is 1. The van der Waals surface area contributed by atoms with Crippen LogP contribution in [0.3, 0.4) is 0 Å². The van der Waals surface area contributed by atoms with E-state index in [0.29, 0.717) is 24.7 Å². The Labute approximate surface area is 249 Å². The molecule has 0 aliphatic carbocycles. The highest BCUT2D eigenvalue weighted by Crippen LogP contribution is 2.33. The fraction of sp³-hybridized carbons (Fsp3) is 0.375. The molecule has 226 valence electrons. The lowest BCUT2D eigenvalue weighted by atomic mass is 10.1. The Balaban J connectivity index is 2.04. The number of carbonyl (C=O) groups excluding carboxylic acids is 2. The number of nitrogens with zero attached hydrogens (tertiary/aromatic N) is 2. The first-order chi connectivity index (χ1) is 20.1. The van der Waals surface area contributed by atoms with Crippen molar-refractivity contribution in [3.8, 4) is 11.5 Å². The number of hydrogen-bond acceptors (Lipinski definition) is 6. The van der Waals surface area contributed by atoms with Gasteiger partial charge in [-0.2, -0.15) is 0 Å². The number of nitrogens with one attached hydrogen (secondary N) is 1. The summed E-state index contributed by atoms with van der Waals surface area (Å²) in [7, 11) is -2.63. The van der Waals surface area contributed by atoms with Crippen LogP contribution in [0, 0.1) is 6.92 Å². The number of anilines is 1. The van der Waals surface area contributed by atoms with Gasteiger partial charge in [0, 0.05) is 13.1 Å². The number of para-hydroxylation sites is 2. The number of aryl methyl sites for hydroxylation is 1. The van der Waals surface area contributed by atoms with Crippen molar-refractivity contribution in [2.45, 2.75) is 58.0 Å². The van der Waals surface area contributed by atoms with E-state index in [1.165, 1.54) is 17.0 Å². The Morgan fingerprint density at radius 2 is 1.62 bits per heavy atom. The van der Waals surface area contributed by atoms with Crippen molar-refractivity contribution in [3.05, 3.63) is 83.9 Å². The molecule has 0 bridgehead atoms. The Kier molecular flexibility index (Phi) is 11.8. The number of amides is 2. The van der Waals surface area contributed by atoms with Crippen LogP contribution in [0.5, 0.6) is 11.5 Å². The van der Waals surface area contributed by atoms with Gasteiger partial charge in [0.05, 0.1) is 24.3 Å². The van der Waals surface area contributed by atoms with Crippen LogP contribution in [-0.4, -0.2) is 58.0 Å². The summed E-state index contributed by atoms with van der Waals surface area (Å²) in [4.78, 5) is 28.7. The van der Waals surface area contributed by atoms with E-state index in [1.807, 2.05) is 26.0 Å². The molecule has 3 aromatic rings. The minimum atomic E-state index is -4.20. The van der Waals surface area contributed by atoms with E-state index in [4.69, 9.17) is 9.47 Å². The summed E-state index contributed by atoms with van der Waals surface area (Å²) in [5.41, 5.74) is 1.90. The van der Waals surface area contributed by atoms with Gasteiger partial charge in [-0.25, -0.2) is 8.42 Å². The van der Waals surface area contributed by atoms with E-state index >= 15 is 0 Å². The molecule has 0 saturated heterocycles. The lowest BCUT2D eigenvalue weighted by Crippen LogP contribution is -2.51. The molecule has 1 N–H and O–H groups in total. The van der Waals surface area contributed by atoms with Crippen molar-refractivity contribution < 1.29 is 27.5 Å². The van der Waals surface area contributed by atoms with E-state index in [1.54, 1.807) is 69.5 Å². The summed E-state index contributed by atoms with van der Waals surface area (Å²) >= 11 is 0. The van der Waals surface area contributed by atoms with E-state index in [2.05, 4.69) is 5.32 Å². The number of methoxy groups -OCH3 is 1. The zero-order valence-corrected chi connectivity index (χ0v) is 25.8. The normalized spacial score (nSPS) is 11.8. The molecule has 0 heterocycles. The van der Waals surface area contributed by atoms with Gasteiger partial charge in [0.15, 0.2) is 0 Å². The molecular weight excluding hydrogens is 554 g/mol. The molecule has 0 aliphatic heterocycles. The smallest absolute Gasteiger partial charge is 0.264 e. The van der Waals surface area contributed by atoms with Gasteiger partial charge in [0.2, 0.25) is 11.8 Å². The second-order valence-corrected chi connectivity index (χ2v) is 11.8. The zero-order valence-electron chi connectivity index (χ0n) is 25.0.